The maximum absolute atomic E-state index is 12.3. The Labute approximate surface area is 122 Å². The number of hydrogen-bond donors (Lipinski definition) is 2. The average Bonchev–Trinajstić information content (AvgIpc) is 2.82. The molecule has 0 saturated carbocycles. The maximum atomic E-state index is 12.3. The molecule has 0 unspecified atom stereocenters. The summed E-state index contributed by atoms with van der Waals surface area (Å²) in [4.78, 5) is 11.1. The van der Waals surface area contributed by atoms with E-state index < -0.39 is 33.9 Å². The third-order valence-electron chi connectivity index (χ3n) is 3.28. The molecule has 0 spiro atoms. The lowest BCUT2D eigenvalue weighted by molar-refractivity contribution is -0.140. The first kappa shape index (κ1) is 15.4. The molecule has 1 fully saturated rings. The fourth-order valence-corrected chi connectivity index (χ4v) is 4.07. The van der Waals surface area contributed by atoms with E-state index in [0.717, 1.165) is 4.31 Å². The topological polar surface area (TPSA) is 119 Å². The highest BCUT2D eigenvalue weighted by Gasteiger charge is 2.42. The first-order valence-corrected chi connectivity index (χ1v) is 7.84. The molecule has 0 amide bonds. The molecule has 0 radical (unpaired) electrons. The first-order chi connectivity index (χ1) is 9.83. The van der Waals surface area contributed by atoms with E-state index in [0.29, 0.717) is 11.1 Å². The minimum Gasteiger partial charge on any atom is -0.480 e. The van der Waals surface area contributed by atoms with Crippen molar-refractivity contribution in [1.82, 2.24) is 4.31 Å². The van der Waals surface area contributed by atoms with Gasteiger partial charge in [0.1, 0.15) is 6.04 Å². The lowest BCUT2D eigenvalue weighted by atomic mass is 10.2. The van der Waals surface area contributed by atoms with Gasteiger partial charge in [0.05, 0.1) is 23.5 Å². The minimum absolute atomic E-state index is 0.118. The molecule has 21 heavy (non-hydrogen) atoms. The molecule has 1 aromatic carbocycles. The lowest BCUT2D eigenvalue weighted by Gasteiger charge is -2.20. The van der Waals surface area contributed by atoms with E-state index in [4.69, 9.17) is 10.4 Å². The molecular weight excluding hydrogens is 296 g/mol. The number of aliphatic carboxylic acids is 1. The number of carbonyl (C=O) groups is 1. The maximum Gasteiger partial charge on any atom is 0.322 e. The SMILES string of the molecule is N#Cc1cccc(CS(=O)(=O)N2C[C@H](O)C[C@@H]2C(=O)O)c1. The van der Waals surface area contributed by atoms with E-state index in [1.54, 1.807) is 18.2 Å². The predicted octanol–water partition coefficient (Wildman–Crippen LogP) is -0.0921. The number of aliphatic hydroxyl groups is 1. The number of sulfonamides is 1. The predicted molar refractivity (Wildman–Crippen MR) is 72.5 cm³/mol. The van der Waals surface area contributed by atoms with Crippen LogP contribution in [0, 0.1) is 11.3 Å². The molecule has 1 heterocycles. The number of carboxylic acid groups (broad SMARTS) is 1. The van der Waals surface area contributed by atoms with Crippen molar-refractivity contribution in [2.45, 2.75) is 24.3 Å². The summed E-state index contributed by atoms with van der Waals surface area (Å²) >= 11 is 0. The van der Waals surface area contributed by atoms with E-state index in [2.05, 4.69) is 0 Å². The summed E-state index contributed by atoms with van der Waals surface area (Å²) in [5, 5.41) is 27.4. The minimum atomic E-state index is -3.88. The number of aliphatic hydroxyl groups excluding tert-OH is 1. The molecule has 2 atom stereocenters. The van der Waals surface area contributed by atoms with E-state index in [9.17, 15) is 18.3 Å². The molecule has 0 aromatic heterocycles. The smallest absolute Gasteiger partial charge is 0.322 e. The zero-order valence-corrected chi connectivity index (χ0v) is 11.8. The van der Waals surface area contributed by atoms with Gasteiger partial charge in [0.15, 0.2) is 0 Å². The second kappa shape index (κ2) is 5.81. The van der Waals surface area contributed by atoms with Crippen molar-refractivity contribution >= 4 is 16.0 Å². The normalized spacial score (nSPS) is 22.9. The Hall–Kier alpha value is -1.95. The highest BCUT2D eigenvalue weighted by molar-refractivity contribution is 7.88. The molecule has 1 aliphatic heterocycles. The summed E-state index contributed by atoms with van der Waals surface area (Å²) in [5.41, 5.74) is 0.735. The van der Waals surface area contributed by atoms with Gasteiger partial charge in [-0.2, -0.15) is 9.57 Å². The number of hydrogen-bond acceptors (Lipinski definition) is 5. The Morgan fingerprint density at radius 3 is 2.81 bits per heavy atom. The fourth-order valence-electron chi connectivity index (χ4n) is 2.34. The molecule has 112 valence electrons. The van der Waals surface area contributed by atoms with Crippen LogP contribution in [-0.2, 0) is 20.6 Å². The molecular formula is C13H14N2O5S. The molecule has 2 rings (SSSR count). The van der Waals surface area contributed by atoms with Crippen molar-refractivity contribution in [2.75, 3.05) is 6.54 Å². The summed E-state index contributed by atoms with van der Waals surface area (Å²) in [6, 6.07) is 6.79. The van der Waals surface area contributed by atoms with Crippen LogP contribution in [0.2, 0.25) is 0 Å². The zero-order chi connectivity index (χ0) is 15.6. The van der Waals surface area contributed by atoms with Crippen molar-refractivity contribution < 1.29 is 23.4 Å². The third kappa shape index (κ3) is 3.39. The Bertz CT molecular complexity index is 695. The number of nitriles is 1. The standard InChI is InChI=1S/C13H14N2O5S/c14-6-9-2-1-3-10(4-9)8-21(19,20)15-7-11(16)5-12(15)13(17)18/h1-4,11-12,16H,5,7-8H2,(H,17,18)/t11-,12-/m1/s1. The quantitative estimate of drug-likeness (QED) is 0.802. The van der Waals surface area contributed by atoms with Gasteiger partial charge in [-0.15, -0.1) is 0 Å². The summed E-state index contributed by atoms with van der Waals surface area (Å²) in [7, 11) is -3.88. The second-order valence-electron chi connectivity index (χ2n) is 4.88. The highest BCUT2D eigenvalue weighted by Crippen LogP contribution is 2.24. The Morgan fingerprint density at radius 2 is 2.19 bits per heavy atom. The zero-order valence-electron chi connectivity index (χ0n) is 11.0. The van der Waals surface area contributed by atoms with Crippen molar-refractivity contribution in [3.05, 3.63) is 35.4 Å². The van der Waals surface area contributed by atoms with Crippen molar-refractivity contribution in [1.29, 1.82) is 5.26 Å². The van der Waals surface area contributed by atoms with Crippen molar-refractivity contribution in [3.63, 3.8) is 0 Å². The number of nitrogens with zero attached hydrogens (tertiary/aromatic N) is 2. The van der Waals surface area contributed by atoms with E-state index >= 15 is 0 Å². The van der Waals surface area contributed by atoms with Crippen LogP contribution in [0.15, 0.2) is 24.3 Å². The summed E-state index contributed by atoms with van der Waals surface area (Å²) in [6.45, 7) is -0.225. The monoisotopic (exact) mass is 310 g/mol. The van der Waals surface area contributed by atoms with Crippen molar-refractivity contribution in [2.24, 2.45) is 0 Å². The second-order valence-corrected chi connectivity index (χ2v) is 6.80. The van der Waals surface area contributed by atoms with E-state index in [1.807, 2.05) is 6.07 Å². The van der Waals surface area contributed by atoms with Gasteiger partial charge in [0, 0.05) is 13.0 Å². The van der Waals surface area contributed by atoms with Gasteiger partial charge in [-0.05, 0) is 17.7 Å². The van der Waals surface area contributed by atoms with E-state index in [1.165, 1.54) is 6.07 Å². The van der Waals surface area contributed by atoms with Crippen LogP contribution in [0.5, 0.6) is 0 Å². The average molecular weight is 310 g/mol. The van der Waals surface area contributed by atoms with Crippen LogP contribution in [-0.4, -0.2) is 47.6 Å². The van der Waals surface area contributed by atoms with Gasteiger partial charge in [-0.3, -0.25) is 4.79 Å². The molecule has 0 aliphatic carbocycles. The van der Waals surface area contributed by atoms with Gasteiger partial charge in [-0.1, -0.05) is 12.1 Å². The van der Waals surface area contributed by atoms with Crippen LogP contribution in [0.25, 0.3) is 0 Å². The van der Waals surface area contributed by atoms with Gasteiger partial charge in [-0.25, -0.2) is 8.42 Å². The first-order valence-electron chi connectivity index (χ1n) is 6.23. The highest BCUT2D eigenvalue weighted by atomic mass is 32.2. The third-order valence-corrected chi connectivity index (χ3v) is 5.10. The molecule has 0 bridgehead atoms. The molecule has 7 nitrogen and oxygen atoms in total. The molecule has 1 saturated heterocycles. The number of rotatable bonds is 4. The Kier molecular flexibility index (Phi) is 4.27. The summed E-state index contributed by atoms with van der Waals surface area (Å²) < 4.78 is 25.5. The van der Waals surface area contributed by atoms with Crippen LogP contribution in [0.3, 0.4) is 0 Å². The molecule has 1 aliphatic rings. The van der Waals surface area contributed by atoms with Gasteiger partial charge < -0.3 is 10.2 Å². The number of benzene rings is 1. The largest absolute Gasteiger partial charge is 0.480 e. The molecule has 8 heteroatoms. The number of carboxylic acids is 1. The van der Waals surface area contributed by atoms with E-state index in [-0.39, 0.29) is 13.0 Å². The van der Waals surface area contributed by atoms with Gasteiger partial charge in [0.2, 0.25) is 10.0 Å². The van der Waals surface area contributed by atoms with Crippen LogP contribution in [0.4, 0.5) is 0 Å². The van der Waals surface area contributed by atoms with Crippen LogP contribution < -0.4 is 0 Å². The fraction of sp³-hybridized carbons (Fsp3) is 0.385. The summed E-state index contributed by atoms with van der Waals surface area (Å²) in [6.07, 6.45) is -1.10. The molecule has 2 N–H and O–H groups in total. The summed E-state index contributed by atoms with van der Waals surface area (Å²) in [5.74, 6) is -1.68. The Balaban J connectivity index is 2.25. The van der Waals surface area contributed by atoms with Crippen LogP contribution in [0.1, 0.15) is 17.5 Å². The lowest BCUT2D eigenvalue weighted by Crippen LogP contribution is -2.41. The van der Waals surface area contributed by atoms with Crippen LogP contribution >= 0.6 is 0 Å². The van der Waals surface area contributed by atoms with Gasteiger partial charge >= 0.3 is 5.97 Å². The van der Waals surface area contributed by atoms with Crippen molar-refractivity contribution in [3.8, 4) is 6.07 Å². The Morgan fingerprint density at radius 1 is 1.48 bits per heavy atom. The van der Waals surface area contributed by atoms with Gasteiger partial charge in [0.25, 0.3) is 0 Å². The number of β-amino-alcohol motifs (C(OH)–C–C–N with tert-alkyl or cyclic N) is 1. The molecule has 1 aromatic rings.